The van der Waals surface area contributed by atoms with Crippen LogP contribution in [0.25, 0.3) is 10.4 Å². The molecule has 98 valence electrons. The van der Waals surface area contributed by atoms with E-state index in [0.29, 0.717) is 13.1 Å². The number of rotatable bonds is 5. The fourth-order valence-corrected chi connectivity index (χ4v) is 2.13. The summed E-state index contributed by atoms with van der Waals surface area (Å²) in [7, 11) is 1.40. The second-order valence-corrected chi connectivity index (χ2v) is 4.08. The van der Waals surface area contributed by atoms with Gasteiger partial charge in [0.05, 0.1) is 12.5 Å². The van der Waals surface area contributed by atoms with Crippen LogP contribution in [0.5, 0.6) is 0 Å². The molecular weight excluding hydrogens is 237 g/mol. The van der Waals surface area contributed by atoms with Crippen molar-refractivity contribution in [2.45, 2.75) is 6.18 Å². The van der Waals surface area contributed by atoms with Gasteiger partial charge in [0.25, 0.3) is 0 Å². The molecule has 1 aliphatic rings. The van der Waals surface area contributed by atoms with Gasteiger partial charge in [-0.15, -0.1) is 0 Å². The average Bonchev–Trinajstić information content (AvgIpc) is 2.62. The van der Waals surface area contributed by atoms with E-state index in [9.17, 15) is 13.2 Å². The van der Waals surface area contributed by atoms with Crippen LogP contribution in [0.3, 0.4) is 0 Å². The van der Waals surface area contributed by atoms with Crippen molar-refractivity contribution in [2.75, 3.05) is 39.9 Å². The summed E-state index contributed by atoms with van der Waals surface area (Å²) in [6.07, 6.45) is -4.20. The fourth-order valence-electron chi connectivity index (χ4n) is 2.13. The number of azide groups is 1. The molecule has 0 N–H and O–H groups in total. The van der Waals surface area contributed by atoms with Gasteiger partial charge in [0.2, 0.25) is 0 Å². The third-order valence-electron chi connectivity index (χ3n) is 2.90. The Balaban J connectivity index is 2.55. The lowest BCUT2D eigenvalue weighted by atomic mass is 9.96. The molecule has 0 aromatic carbocycles. The molecule has 0 saturated carbocycles. The summed E-state index contributed by atoms with van der Waals surface area (Å²) in [6.45, 7) is 0.942. The fraction of sp³-hybridized carbons (Fsp3) is 1.00. The predicted octanol–water partition coefficient (Wildman–Crippen LogP) is 2.05. The van der Waals surface area contributed by atoms with Crippen LogP contribution in [-0.4, -0.2) is 51.0 Å². The summed E-state index contributed by atoms with van der Waals surface area (Å²) in [5, 5.41) is 3.32. The molecule has 0 spiro atoms. The molecule has 1 fully saturated rings. The van der Waals surface area contributed by atoms with Crippen molar-refractivity contribution in [3.63, 3.8) is 0 Å². The predicted molar refractivity (Wildman–Crippen MR) is 55.4 cm³/mol. The molecule has 8 heteroatoms. The first-order valence-electron chi connectivity index (χ1n) is 5.28. The van der Waals surface area contributed by atoms with Crippen LogP contribution in [0.4, 0.5) is 13.2 Å². The second kappa shape index (κ2) is 6.09. The van der Waals surface area contributed by atoms with Gasteiger partial charge in [0.1, 0.15) is 0 Å². The summed E-state index contributed by atoms with van der Waals surface area (Å²) >= 11 is 0. The van der Waals surface area contributed by atoms with Gasteiger partial charge in [0, 0.05) is 44.1 Å². The van der Waals surface area contributed by atoms with Crippen molar-refractivity contribution >= 4 is 0 Å². The van der Waals surface area contributed by atoms with E-state index in [1.807, 2.05) is 0 Å². The third kappa shape index (κ3) is 4.07. The summed E-state index contributed by atoms with van der Waals surface area (Å²) in [5.41, 5.74) is 8.10. The molecule has 5 nitrogen and oxygen atoms in total. The minimum absolute atomic E-state index is 0.0432. The maximum absolute atomic E-state index is 12.7. The summed E-state index contributed by atoms with van der Waals surface area (Å²) in [6, 6.07) is 0. The number of likely N-dealkylation sites (tertiary alicyclic amines) is 1. The van der Waals surface area contributed by atoms with Crippen molar-refractivity contribution < 1.29 is 17.9 Å². The molecule has 0 unspecified atom stereocenters. The quantitative estimate of drug-likeness (QED) is 0.427. The number of alkyl halides is 3. The van der Waals surface area contributed by atoms with Gasteiger partial charge in [-0.3, -0.25) is 0 Å². The molecule has 0 amide bonds. The van der Waals surface area contributed by atoms with Crippen molar-refractivity contribution in [1.29, 1.82) is 0 Å². The van der Waals surface area contributed by atoms with E-state index in [0.717, 1.165) is 0 Å². The van der Waals surface area contributed by atoms with E-state index in [2.05, 4.69) is 10.0 Å². The van der Waals surface area contributed by atoms with E-state index in [4.69, 9.17) is 10.3 Å². The highest BCUT2D eigenvalue weighted by Crippen LogP contribution is 2.37. The molecule has 1 aliphatic heterocycles. The van der Waals surface area contributed by atoms with Crippen LogP contribution in [0.2, 0.25) is 0 Å². The lowest BCUT2D eigenvalue weighted by Gasteiger charge is -2.20. The third-order valence-corrected chi connectivity index (χ3v) is 2.90. The molecule has 0 aliphatic carbocycles. The Morgan fingerprint density at radius 2 is 2.18 bits per heavy atom. The Kier molecular flexibility index (Phi) is 5.04. The molecule has 1 saturated heterocycles. The Labute approximate surface area is 97.2 Å². The Morgan fingerprint density at radius 3 is 2.71 bits per heavy atom. The van der Waals surface area contributed by atoms with Crippen molar-refractivity contribution in [3.8, 4) is 0 Å². The maximum Gasteiger partial charge on any atom is 0.393 e. The second-order valence-electron chi connectivity index (χ2n) is 4.08. The zero-order chi connectivity index (χ0) is 12.9. The molecule has 0 aromatic heterocycles. The number of halogens is 3. The van der Waals surface area contributed by atoms with Gasteiger partial charge in [-0.1, -0.05) is 5.11 Å². The van der Waals surface area contributed by atoms with Crippen LogP contribution < -0.4 is 0 Å². The van der Waals surface area contributed by atoms with E-state index in [1.54, 1.807) is 4.90 Å². The van der Waals surface area contributed by atoms with Gasteiger partial charge in [-0.25, -0.2) is 0 Å². The normalized spacial score (nSPS) is 25.9. The standard InChI is InChI=1S/C9H15F3N4O/c1-17-6-7-4-16(3-2-14-15-13)5-8(7)9(10,11)12/h7-8H,2-6H2,1H3/t7-,8-/m1/s1. The lowest BCUT2D eigenvalue weighted by Crippen LogP contribution is -2.32. The number of hydrogen-bond donors (Lipinski definition) is 0. The number of nitrogens with zero attached hydrogens (tertiary/aromatic N) is 4. The first-order valence-corrected chi connectivity index (χ1v) is 5.28. The topological polar surface area (TPSA) is 61.2 Å². The maximum atomic E-state index is 12.7. The van der Waals surface area contributed by atoms with Crippen LogP contribution in [0.15, 0.2) is 5.11 Å². The van der Waals surface area contributed by atoms with E-state index < -0.39 is 18.0 Å². The first-order chi connectivity index (χ1) is 7.99. The highest BCUT2D eigenvalue weighted by molar-refractivity contribution is 4.88. The van der Waals surface area contributed by atoms with E-state index in [-0.39, 0.29) is 19.7 Å². The molecule has 2 atom stereocenters. The largest absolute Gasteiger partial charge is 0.393 e. The zero-order valence-corrected chi connectivity index (χ0v) is 9.52. The molecule has 1 heterocycles. The zero-order valence-electron chi connectivity index (χ0n) is 9.52. The van der Waals surface area contributed by atoms with Gasteiger partial charge >= 0.3 is 6.18 Å². The lowest BCUT2D eigenvalue weighted by molar-refractivity contribution is -0.183. The van der Waals surface area contributed by atoms with Crippen LogP contribution in [-0.2, 0) is 4.74 Å². The van der Waals surface area contributed by atoms with Gasteiger partial charge in [-0.2, -0.15) is 13.2 Å². The van der Waals surface area contributed by atoms with Gasteiger partial charge in [-0.05, 0) is 5.53 Å². The molecule has 1 rings (SSSR count). The summed E-state index contributed by atoms with van der Waals surface area (Å²) in [4.78, 5) is 4.23. The summed E-state index contributed by atoms with van der Waals surface area (Å²) in [5.74, 6) is -1.89. The van der Waals surface area contributed by atoms with E-state index in [1.165, 1.54) is 7.11 Å². The minimum atomic E-state index is -4.20. The van der Waals surface area contributed by atoms with Crippen LogP contribution >= 0.6 is 0 Å². The molecule has 17 heavy (non-hydrogen) atoms. The molecule has 0 aromatic rings. The number of ether oxygens (including phenoxy) is 1. The van der Waals surface area contributed by atoms with Gasteiger partial charge < -0.3 is 9.64 Å². The Hall–Kier alpha value is -0.980. The average molecular weight is 252 g/mol. The highest BCUT2D eigenvalue weighted by atomic mass is 19.4. The van der Waals surface area contributed by atoms with Crippen molar-refractivity contribution in [1.82, 2.24) is 4.90 Å². The SMILES string of the molecule is COC[C@H]1CN(CCN=[N+]=[N-])C[C@H]1C(F)(F)F. The van der Waals surface area contributed by atoms with E-state index >= 15 is 0 Å². The summed E-state index contributed by atoms with van der Waals surface area (Å²) < 4.78 is 43.0. The van der Waals surface area contributed by atoms with Crippen molar-refractivity contribution in [2.24, 2.45) is 17.0 Å². The number of methoxy groups -OCH3 is 1. The monoisotopic (exact) mass is 252 g/mol. The first kappa shape index (κ1) is 14.1. The highest BCUT2D eigenvalue weighted by Gasteiger charge is 2.49. The van der Waals surface area contributed by atoms with Crippen molar-refractivity contribution in [3.05, 3.63) is 10.4 Å². The molecule has 0 radical (unpaired) electrons. The minimum Gasteiger partial charge on any atom is -0.384 e. The molecule has 0 bridgehead atoms. The molecular formula is C9H15F3N4O. The van der Waals surface area contributed by atoms with Gasteiger partial charge in [0.15, 0.2) is 0 Å². The van der Waals surface area contributed by atoms with Crippen LogP contribution in [0.1, 0.15) is 0 Å². The Morgan fingerprint density at radius 1 is 1.47 bits per heavy atom. The van der Waals surface area contributed by atoms with Crippen LogP contribution in [0, 0.1) is 11.8 Å². The Bertz CT molecular complexity index is 290. The number of hydrogen-bond acceptors (Lipinski definition) is 3. The smallest absolute Gasteiger partial charge is 0.384 e.